The molecule has 0 unspecified atom stereocenters. The van der Waals surface area contributed by atoms with E-state index in [1.54, 1.807) is 0 Å². The molecule has 0 amide bonds. The zero-order chi connectivity index (χ0) is 10.3. The molecule has 0 aromatic carbocycles. The Morgan fingerprint density at radius 1 is 1.46 bits per heavy atom. The summed E-state index contributed by atoms with van der Waals surface area (Å²) >= 11 is 1.19. The van der Waals surface area contributed by atoms with E-state index in [0.717, 1.165) is 0 Å². The van der Waals surface area contributed by atoms with Crippen LogP contribution in [-0.2, 0) is 9.59 Å². The molecule has 0 aromatic heterocycles. The third-order valence-electron chi connectivity index (χ3n) is 1.40. The molecule has 0 rings (SSSR count). The zero-order valence-electron chi connectivity index (χ0n) is 7.52. The van der Waals surface area contributed by atoms with Crippen molar-refractivity contribution in [1.82, 2.24) is 0 Å². The van der Waals surface area contributed by atoms with Gasteiger partial charge in [0.25, 0.3) is 0 Å². The summed E-state index contributed by atoms with van der Waals surface area (Å²) in [5.41, 5.74) is 0. The van der Waals surface area contributed by atoms with E-state index >= 15 is 0 Å². The molecule has 0 aliphatic rings. The Kier molecular flexibility index (Phi) is 6.62. The van der Waals surface area contributed by atoms with Crippen molar-refractivity contribution in [2.45, 2.75) is 32.3 Å². The number of aliphatic hydroxyl groups is 1. The second kappa shape index (κ2) is 6.91. The molecule has 0 saturated heterocycles. The van der Waals surface area contributed by atoms with Crippen LogP contribution in [0.3, 0.4) is 0 Å². The number of hydrogen-bond donors (Lipinski definition) is 2. The Morgan fingerprint density at radius 3 is 2.54 bits per heavy atom. The summed E-state index contributed by atoms with van der Waals surface area (Å²) in [5, 5.41) is 17.5. The molecule has 0 heterocycles. The number of hydrogen-bond acceptors (Lipinski definition) is 4. The number of thioether (sulfide) groups is 1. The zero-order valence-corrected chi connectivity index (χ0v) is 8.34. The van der Waals surface area contributed by atoms with E-state index in [4.69, 9.17) is 10.2 Å². The quantitative estimate of drug-likeness (QED) is 0.631. The van der Waals surface area contributed by atoms with Crippen molar-refractivity contribution in [1.29, 1.82) is 0 Å². The third-order valence-corrected chi connectivity index (χ3v) is 2.30. The molecule has 5 heteroatoms. The molecule has 0 fully saturated rings. The van der Waals surface area contributed by atoms with Gasteiger partial charge in [-0.15, -0.1) is 0 Å². The van der Waals surface area contributed by atoms with Gasteiger partial charge in [0.15, 0.2) is 5.12 Å². The van der Waals surface area contributed by atoms with Crippen LogP contribution in [-0.4, -0.2) is 33.2 Å². The monoisotopic (exact) mass is 206 g/mol. The fourth-order valence-electron chi connectivity index (χ4n) is 0.838. The van der Waals surface area contributed by atoms with E-state index in [2.05, 4.69) is 0 Å². The third kappa shape index (κ3) is 9.36. The van der Waals surface area contributed by atoms with Gasteiger partial charge in [-0.3, -0.25) is 9.59 Å². The van der Waals surface area contributed by atoms with Gasteiger partial charge < -0.3 is 10.2 Å². The van der Waals surface area contributed by atoms with E-state index in [1.807, 2.05) is 0 Å². The van der Waals surface area contributed by atoms with Crippen molar-refractivity contribution in [3.63, 3.8) is 0 Å². The van der Waals surface area contributed by atoms with Crippen LogP contribution in [0.15, 0.2) is 0 Å². The first kappa shape index (κ1) is 12.4. The van der Waals surface area contributed by atoms with Crippen molar-refractivity contribution in [2.24, 2.45) is 0 Å². The molecule has 0 bridgehead atoms. The minimum Gasteiger partial charge on any atom is -0.481 e. The highest BCUT2D eigenvalue weighted by Gasteiger charge is 2.08. The fraction of sp³-hybridized carbons (Fsp3) is 0.750. The van der Waals surface area contributed by atoms with E-state index in [-0.39, 0.29) is 11.5 Å². The summed E-state index contributed by atoms with van der Waals surface area (Å²) in [5.74, 6) is -0.349. The number of carbonyl (C=O) groups is 2. The summed E-state index contributed by atoms with van der Waals surface area (Å²) in [4.78, 5) is 20.6. The molecule has 0 saturated carbocycles. The van der Waals surface area contributed by atoms with Crippen LogP contribution in [0.1, 0.15) is 26.2 Å². The molecule has 4 nitrogen and oxygen atoms in total. The first-order valence-electron chi connectivity index (χ1n) is 4.05. The molecule has 1 atom stereocenters. The lowest BCUT2D eigenvalue weighted by Gasteiger charge is -2.05. The maximum Gasteiger partial charge on any atom is 0.305 e. The van der Waals surface area contributed by atoms with Gasteiger partial charge in [0.1, 0.15) is 0 Å². The second-order valence-electron chi connectivity index (χ2n) is 2.73. The van der Waals surface area contributed by atoms with Crippen LogP contribution in [0.2, 0.25) is 0 Å². The van der Waals surface area contributed by atoms with Crippen LogP contribution in [0.5, 0.6) is 0 Å². The van der Waals surface area contributed by atoms with Gasteiger partial charge >= 0.3 is 5.97 Å². The van der Waals surface area contributed by atoms with Gasteiger partial charge in [0.05, 0.1) is 12.5 Å². The van der Waals surface area contributed by atoms with Gasteiger partial charge in [-0.2, -0.15) is 0 Å². The largest absolute Gasteiger partial charge is 0.481 e. The van der Waals surface area contributed by atoms with Crippen LogP contribution in [0.25, 0.3) is 0 Å². The van der Waals surface area contributed by atoms with E-state index in [9.17, 15) is 9.59 Å². The van der Waals surface area contributed by atoms with Crippen molar-refractivity contribution in [2.75, 3.05) is 5.75 Å². The van der Waals surface area contributed by atoms with Gasteiger partial charge in [-0.05, 0) is 12.8 Å². The minimum atomic E-state index is -0.994. The molecular formula is C8H14O4S. The summed E-state index contributed by atoms with van der Waals surface area (Å²) in [6.07, 6.45) is 0.0979. The Morgan fingerprint density at radius 2 is 2.08 bits per heavy atom. The molecule has 2 N–H and O–H groups in total. The molecular weight excluding hydrogens is 192 g/mol. The summed E-state index contributed by atoms with van der Waals surface area (Å²) in [6, 6.07) is 0. The average Bonchev–Trinajstić information content (AvgIpc) is 1.96. The molecule has 0 aliphatic heterocycles. The number of aliphatic hydroxyl groups excluding tert-OH is 1. The maximum atomic E-state index is 10.5. The topological polar surface area (TPSA) is 74.6 Å². The predicted molar refractivity (Wildman–Crippen MR) is 50.6 cm³/mol. The lowest BCUT2D eigenvalue weighted by Crippen LogP contribution is -2.12. The second-order valence-corrected chi connectivity index (χ2v) is 4.01. The lowest BCUT2D eigenvalue weighted by atomic mass is 10.1. The Balaban J connectivity index is 3.31. The van der Waals surface area contributed by atoms with E-state index < -0.39 is 12.1 Å². The van der Waals surface area contributed by atoms with Gasteiger partial charge in [-0.1, -0.05) is 11.8 Å². The average molecular weight is 206 g/mol. The van der Waals surface area contributed by atoms with E-state index in [1.165, 1.54) is 18.7 Å². The molecule has 0 radical (unpaired) electrons. The minimum absolute atomic E-state index is 0.0488. The van der Waals surface area contributed by atoms with Crippen molar-refractivity contribution in [3.05, 3.63) is 0 Å². The molecule has 13 heavy (non-hydrogen) atoms. The highest BCUT2D eigenvalue weighted by Crippen LogP contribution is 2.08. The van der Waals surface area contributed by atoms with Crippen molar-refractivity contribution < 1.29 is 19.8 Å². The standard InChI is InChI=1S/C8H14O4S/c1-6(9)13-4-2-3-7(10)5-8(11)12/h7,10H,2-5H2,1H3,(H,11,12)/t7-/m1/s1. The normalized spacial score (nSPS) is 12.5. The number of aliphatic carboxylic acids is 1. The van der Waals surface area contributed by atoms with Crippen LogP contribution in [0, 0.1) is 0 Å². The molecule has 0 aromatic rings. The predicted octanol–water partition coefficient (Wildman–Crippen LogP) is 0.882. The highest BCUT2D eigenvalue weighted by molar-refractivity contribution is 8.13. The van der Waals surface area contributed by atoms with Gasteiger partial charge in [0, 0.05) is 12.7 Å². The van der Waals surface area contributed by atoms with Gasteiger partial charge in [-0.25, -0.2) is 0 Å². The lowest BCUT2D eigenvalue weighted by molar-refractivity contribution is -0.139. The SMILES string of the molecule is CC(=O)SCCC[C@@H](O)CC(=O)O. The Labute approximate surface area is 81.3 Å². The van der Waals surface area contributed by atoms with Crippen molar-refractivity contribution in [3.8, 4) is 0 Å². The summed E-state index contributed by atoms with van der Waals surface area (Å²) in [7, 11) is 0. The first-order chi connectivity index (χ1) is 6.02. The smallest absolute Gasteiger partial charge is 0.305 e. The van der Waals surface area contributed by atoms with Gasteiger partial charge in [0.2, 0.25) is 0 Å². The van der Waals surface area contributed by atoms with Crippen LogP contribution < -0.4 is 0 Å². The Hall–Kier alpha value is -0.550. The first-order valence-corrected chi connectivity index (χ1v) is 5.04. The maximum absolute atomic E-state index is 10.5. The molecule has 76 valence electrons. The highest BCUT2D eigenvalue weighted by atomic mass is 32.2. The van der Waals surface area contributed by atoms with Crippen LogP contribution in [0.4, 0.5) is 0 Å². The van der Waals surface area contributed by atoms with E-state index in [0.29, 0.717) is 18.6 Å². The number of carboxylic acid groups (broad SMARTS) is 1. The Bertz CT molecular complexity index is 181. The summed E-state index contributed by atoms with van der Waals surface area (Å²) < 4.78 is 0. The number of carbonyl (C=O) groups excluding carboxylic acids is 1. The fourth-order valence-corrected chi connectivity index (χ4v) is 1.44. The molecule has 0 spiro atoms. The summed E-state index contributed by atoms with van der Waals surface area (Å²) in [6.45, 7) is 1.48. The molecule has 0 aliphatic carbocycles. The van der Waals surface area contributed by atoms with Crippen LogP contribution >= 0.6 is 11.8 Å². The number of carboxylic acids is 1. The number of rotatable bonds is 6. The van der Waals surface area contributed by atoms with Crippen molar-refractivity contribution >= 4 is 22.8 Å².